The molecule has 0 radical (unpaired) electrons. The van der Waals surface area contributed by atoms with Crippen LogP contribution < -0.4 is 4.90 Å². The molecule has 1 amide bonds. The number of thioether (sulfide) groups is 2. The average molecular weight is 441 g/mol. The van der Waals surface area contributed by atoms with Gasteiger partial charge in [-0.05, 0) is 48.4 Å². The molecule has 0 aliphatic rings. The number of aromatic nitrogens is 1. The summed E-state index contributed by atoms with van der Waals surface area (Å²) < 4.78 is 6.61. The molecule has 2 aromatic heterocycles. The minimum atomic E-state index is -0.0669. The zero-order chi connectivity index (χ0) is 20.2. The van der Waals surface area contributed by atoms with E-state index in [4.69, 9.17) is 9.40 Å². The van der Waals surface area contributed by atoms with Crippen molar-refractivity contribution in [3.63, 3.8) is 0 Å². The highest BCUT2D eigenvalue weighted by Gasteiger charge is 2.25. The lowest BCUT2D eigenvalue weighted by Gasteiger charge is -2.20. The van der Waals surface area contributed by atoms with Crippen LogP contribution in [0.3, 0.4) is 0 Å². The predicted molar refractivity (Wildman–Crippen MR) is 123 cm³/mol. The zero-order valence-electron chi connectivity index (χ0n) is 16.1. The standard InChI is InChI=1S/C22H20N2O2S3/c1-3-28-17-10-5-4-9-16(17)21(25)24(14-15-8-7-13-26-15)22-23-20-18(27-2)11-6-12-19(20)29-22/h4-13H,3,14H2,1-2H3. The summed E-state index contributed by atoms with van der Waals surface area (Å²) in [5.41, 5.74) is 1.63. The number of nitrogens with zero attached hydrogens (tertiary/aromatic N) is 2. The van der Waals surface area contributed by atoms with Gasteiger partial charge < -0.3 is 4.42 Å². The average Bonchev–Trinajstić information content (AvgIpc) is 3.41. The van der Waals surface area contributed by atoms with Crippen LogP contribution in [0.25, 0.3) is 10.2 Å². The van der Waals surface area contributed by atoms with Gasteiger partial charge >= 0.3 is 0 Å². The summed E-state index contributed by atoms with van der Waals surface area (Å²) in [4.78, 5) is 22.3. The summed E-state index contributed by atoms with van der Waals surface area (Å²) in [6.45, 7) is 2.43. The summed E-state index contributed by atoms with van der Waals surface area (Å²) >= 11 is 4.86. The first kappa shape index (κ1) is 20.1. The normalized spacial score (nSPS) is 11.1. The number of fused-ring (bicyclic) bond motifs is 1. The molecule has 2 heterocycles. The second kappa shape index (κ2) is 9.07. The maximum atomic E-state index is 13.6. The summed E-state index contributed by atoms with van der Waals surface area (Å²) in [5, 5.41) is 0.680. The SMILES string of the molecule is CCSc1ccccc1C(=O)N(Cc1ccco1)c1nc2c(SC)cccc2s1. The third-order valence-electron chi connectivity index (χ3n) is 4.38. The first-order chi connectivity index (χ1) is 14.2. The molecular formula is C22H20N2O2S3. The fourth-order valence-corrected chi connectivity index (χ4v) is 5.46. The van der Waals surface area contributed by atoms with Crippen molar-refractivity contribution >= 4 is 56.1 Å². The molecule has 0 fully saturated rings. The highest BCUT2D eigenvalue weighted by atomic mass is 32.2. The van der Waals surface area contributed by atoms with Crippen molar-refractivity contribution < 1.29 is 9.21 Å². The van der Waals surface area contributed by atoms with Crippen LogP contribution in [0.2, 0.25) is 0 Å². The van der Waals surface area contributed by atoms with Crippen molar-refractivity contribution in [1.29, 1.82) is 0 Å². The van der Waals surface area contributed by atoms with Crippen molar-refractivity contribution in [2.75, 3.05) is 16.9 Å². The molecule has 0 unspecified atom stereocenters. The second-order valence-corrected chi connectivity index (χ2v) is 9.37. The third-order valence-corrected chi connectivity index (χ3v) is 7.15. The summed E-state index contributed by atoms with van der Waals surface area (Å²) in [6.07, 6.45) is 3.67. The van der Waals surface area contributed by atoms with E-state index in [1.165, 1.54) is 11.3 Å². The molecule has 148 valence electrons. The van der Waals surface area contributed by atoms with Crippen molar-refractivity contribution in [3.8, 4) is 0 Å². The van der Waals surface area contributed by atoms with Crippen molar-refractivity contribution in [2.45, 2.75) is 23.3 Å². The van der Waals surface area contributed by atoms with Crippen LogP contribution in [0.15, 0.2) is 75.1 Å². The van der Waals surface area contributed by atoms with E-state index in [0.29, 0.717) is 17.2 Å². The van der Waals surface area contributed by atoms with E-state index in [2.05, 4.69) is 13.0 Å². The third kappa shape index (κ3) is 4.22. The van der Waals surface area contributed by atoms with E-state index < -0.39 is 0 Å². The number of hydrogen-bond acceptors (Lipinski definition) is 6. The van der Waals surface area contributed by atoms with Crippen molar-refractivity contribution in [1.82, 2.24) is 4.98 Å². The van der Waals surface area contributed by atoms with Crippen LogP contribution in [-0.4, -0.2) is 22.9 Å². The van der Waals surface area contributed by atoms with Gasteiger partial charge in [0.25, 0.3) is 5.91 Å². The van der Waals surface area contributed by atoms with Crippen molar-refractivity contribution in [3.05, 3.63) is 72.2 Å². The molecule has 4 rings (SSSR count). The minimum Gasteiger partial charge on any atom is -0.467 e. The summed E-state index contributed by atoms with van der Waals surface area (Å²) in [5.74, 6) is 1.56. The van der Waals surface area contributed by atoms with E-state index in [-0.39, 0.29) is 5.91 Å². The molecule has 0 saturated heterocycles. The molecule has 2 aromatic carbocycles. The highest BCUT2D eigenvalue weighted by Crippen LogP contribution is 2.36. The number of furan rings is 1. The quantitative estimate of drug-likeness (QED) is 0.304. The molecule has 0 N–H and O–H groups in total. The Labute approximate surface area is 182 Å². The van der Waals surface area contributed by atoms with E-state index in [0.717, 1.165) is 31.5 Å². The van der Waals surface area contributed by atoms with E-state index in [1.54, 1.807) is 34.7 Å². The Balaban J connectivity index is 1.79. The lowest BCUT2D eigenvalue weighted by atomic mass is 10.2. The first-order valence-corrected chi connectivity index (χ1v) is 12.2. The highest BCUT2D eigenvalue weighted by molar-refractivity contribution is 7.99. The number of hydrogen-bond donors (Lipinski definition) is 0. The number of thiazole rings is 1. The number of carbonyl (C=O) groups is 1. The lowest BCUT2D eigenvalue weighted by Crippen LogP contribution is -2.30. The van der Waals surface area contributed by atoms with Crippen LogP contribution in [0.5, 0.6) is 0 Å². The minimum absolute atomic E-state index is 0.0669. The number of carbonyl (C=O) groups excluding carboxylic acids is 1. The van der Waals surface area contributed by atoms with Crippen LogP contribution in [0, 0.1) is 0 Å². The van der Waals surface area contributed by atoms with Gasteiger partial charge in [-0.25, -0.2) is 4.98 Å². The maximum absolute atomic E-state index is 13.6. The van der Waals surface area contributed by atoms with Gasteiger partial charge in [-0.3, -0.25) is 9.69 Å². The Morgan fingerprint density at radius 3 is 2.69 bits per heavy atom. The number of para-hydroxylation sites is 1. The molecular weight excluding hydrogens is 420 g/mol. The molecule has 0 spiro atoms. The Morgan fingerprint density at radius 2 is 1.93 bits per heavy atom. The summed E-state index contributed by atoms with van der Waals surface area (Å²) in [7, 11) is 0. The zero-order valence-corrected chi connectivity index (χ0v) is 18.6. The van der Waals surface area contributed by atoms with Gasteiger partial charge in [0.1, 0.15) is 5.76 Å². The van der Waals surface area contributed by atoms with Gasteiger partial charge in [0.2, 0.25) is 0 Å². The second-order valence-electron chi connectivity index (χ2n) is 6.20. The number of benzene rings is 2. The number of amides is 1. The Bertz CT molecular complexity index is 1120. The van der Waals surface area contributed by atoms with Gasteiger partial charge in [0.15, 0.2) is 5.13 Å². The molecule has 29 heavy (non-hydrogen) atoms. The van der Waals surface area contributed by atoms with Crippen LogP contribution in [-0.2, 0) is 6.54 Å². The maximum Gasteiger partial charge on any atom is 0.261 e. The van der Waals surface area contributed by atoms with Gasteiger partial charge in [-0.1, -0.05) is 36.5 Å². The molecule has 0 atom stereocenters. The number of anilines is 1. The monoisotopic (exact) mass is 440 g/mol. The van der Waals surface area contributed by atoms with Gasteiger partial charge in [-0.2, -0.15) is 0 Å². The molecule has 0 saturated carbocycles. The van der Waals surface area contributed by atoms with Gasteiger partial charge in [0.05, 0.1) is 28.6 Å². The first-order valence-electron chi connectivity index (χ1n) is 9.21. The molecule has 4 nitrogen and oxygen atoms in total. The Hall–Kier alpha value is -2.22. The van der Waals surface area contributed by atoms with Crippen LogP contribution in [0.1, 0.15) is 23.0 Å². The fraction of sp³-hybridized carbons (Fsp3) is 0.182. The van der Waals surface area contributed by atoms with Gasteiger partial charge in [0, 0.05) is 9.79 Å². The van der Waals surface area contributed by atoms with Gasteiger partial charge in [-0.15, -0.1) is 23.5 Å². The molecule has 0 aliphatic carbocycles. The molecule has 7 heteroatoms. The van der Waals surface area contributed by atoms with E-state index in [1.807, 2.05) is 54.8 Å². The molecule has 0 aliphatic heterocycles. The molecule has 0 bridgehead atoms. The Kier molecular flexibility index (Phi) is 6.28. The largest absolute Gasteiger partial charge is 0.467 e. The lowest BCUT2D eigenvalue weighted by molar-refractivity contribution is 0.0980. The van der Waals surface area contributed by atoms with Crippen LogP contribution >= 0.6 is 34.9 Å². The smallest absolute Gasteiger partial charge is 0.261 e. The van der Waals surface area contributed by atoms with Crippen LogP contribution in [0.4, 0.5) is 5.13 Å². The predicted octanol–water partition coefficient (Wildman–Crippen LogP) is 6.57. The fourth-order valence-electron chi connectivity index (χ4n) is 3.05. The van der Waals surface area contributed by atoms with E-state index >= 15 is 0 Å². The van der Waals surface area contributed by atoms with Crippen molar-refractivity contribution in [2.24, 2.45) is 0 Å². The van der Waals surface area contributed by atoms with E-state index in [9.17, 15) is 4.79 Å². The number of rotatable bonds is 7. The summed E-state index contributed by atoms with van der Waals surface area (Å²) in [6, 6.07) is 17.6. The molecule has 4 aromatic rings. The Morgan fingerprint density at radius 1 is 1.10 bits per heavy atom. The topological polar surface area (TPSA) is 46.3 Å².